The van der Waals surface area contributed by atoms with Crippen molar-refractivity contribution in [3.05, 3.63) is 0 Å². The lowest BCUT2D eigenvalue weighted by Crippen LogP contribution is -2.29. The second-order valence-corrected chi connectivity index (χ2v) is 5.18. The molecule has 5 nitrogen and oxygen atoms in total. The van der Waals surface area contributed by atoms with Crippen LogP contribution in [0.2, 0.25) is 0 Å². The Labute approximate surface area is 94.2 Å². The normalized spacial score (nSPS) is 13.4. The molecule has 0 saturated carbocycles. The molecule has 0 saturated heterocycles. The van der Waals surface area contributed by atoms with Gasteiger partial charge >= 0.3 is 9.53 Å². The molecule has 0 rings (SSSR count). The Hall–Kier alpha value is 0.0169. The molecule has 92 valence electrons. The molecule has 0 aromatic rings. The molecular weight excluding hydrogens is 212 g/mol. The molecule has 0 bridgehead atoms. The summed E-state index contributed by atoms with van der Waals surface area (Å²) in [4.78, 5) is 0. The Bertz CT molecular complexity index is 137. The third-order valence-electron chi connectivity index (χ3n) is 2.01. The second kappa shape index (κ2) is 10.5. The molecule has 1 unspecified atom stereocenters. The average molecular weight is 236 g/mol. The standard InChI is InChI=1S/C9H24N2O3Si/c1-9(14-15(12-2)13-3)5-4-7-11-8-6-10/h9,11,15H,4-8,10H2,1-3H3. The lowest BCUT2D eigenvalue weighted by molar-refractivity contribution is 0.0897. The van der Waals surface area contributed by atoms with Crippen molar-refractivity contribution in [2.24, 2.45) is 5.73 Å². The van der Waals surface area contributed by atoms with E-state index in [-0.39, 0.29) is 6.10 Å². The van der Waals surface area contributed by atoms with Gasteiger partial charge in [-0.25, -0.2) is 0 Å². The monoisotopic (exact) mass is 236 g/mol. The van der Waals surface area contributed by atoms with Crippen molar-refractivity contribution in [3.63, 3.8) is 0 Å². The molecule has 3 N–H and O–H groups in total. The maximum absolute atomic E-state index is 5.60. The van der Waals surface area contributed by atoms with E-state index < -0.39 is 9.53 Å². The van der Waals surface area contributed by atoms with Crippen molar-refractivity contribution in [1.29, 1.82) is 0 Å². The molecule has 0 spiro atoms. The van der Waals surface area contributed by atoms with Crippen molar-refractivity contribution in [1.82, 2.24) is 5.32 Å². The molecule has 0 aliphatic rings. The zero-order chi connectivity index (χ0) is 11.5. The van der Waals surface area contributed by atoms with Gasteiger partial charge in [-0.1, -0.05) is 0 Å². The highest BCUT2D eigenvalue weighted by molar-refractivity contribution is 6.36. The lowest BCUT2D eigenvalue weighted by Gasteiger charge is -2.17. The van der Waals surface area contributed by atoms with Crippen molar-refractivity contribution >= 4 is 9.53 Å². The molecule has 0 fully saturated rings. The molecule has 0 aliphatic carbocycles. The molecule has 0 radical (unpaired) electrons. The van der Waals surface area contributed by atoms with Gasteiger partial charge in [-0.05, 0) is 26.3 Å². The smallest absolute Gasteiger partial charge is 0.379 e. The molecule has 1 atom stereocenters. The number of rotatable bonds is 10. The van der Waals surface area contributed by atoms with Crippen LogP contribution < -0.4 is 11.1 Å². The first-order chi connectivity index (χ1) is 7.24. The molecule has 0 amide bonds. The van der Waals surface area contributed by atoms with E-state index in [4.69, 9.17) is 19.0 Å². The fourth-order valence-electron chi connectivity index (χ4n) is 1.21. The zero-order valence-corrected chi connectivity index (χ0v) is 11.1. The van der Waals surface area contributed by atoms with Gasteiger partial charge in [0, 0.05) is 33.4 Å². The quantitative estimate of drug-likeness (QED) is 0.404. The zero-order valence-electron chi connectivity index (χ0n) is 9.99. The third-order valence-corrected chi connectivity index (χ3v) is 3.47. The van der Waals surface area contributed by atoms with Gasteiger partial charge in [0.25, 0.3) is 0 Å². The van der Waals surface area contributed by atoms with Gasteiger partial charge in [0.05, 0.1) is 0 Å². The van der Waals surface area contributed by atoms with Crippen LogP contribution in [0.3, 0.4) is 0 Å². The molecule has 0 aromatic heterocycles. The summed E-state index contributed by atoms with van der Waals surface area (Å²) in [5.41, 5.74) is 5.36. The predicted octanol–water partition coefficient (Wildman–Crippen LogP) is -0.270. The highest BCUT2D eigenvalue weighted by Crippen LogP contribution is 2.03. The van der Waals surface area contributed by atoms with Crippen molar-refractivity contribution in [2.75, 3.05) is 33.9 Å². The van der Waals surface area contributed by atoms with E-state index in [1.807, 2.05) is 6.92 Å². The van der Waals surface area contributed by atoms with E-state index in [0.29, 0.717) is 6.54 Å². The van der Waals surface area contributed by atoms with E-state index in [0.717, 1.165) is 25.9 Å². The minimum atomic E-state index is -1.86. The van der Waals surface area contributed by atoms with Crippen LogP contribution in [-0.4, -0.2) is 49.5 Å². The highest BCUT2D eigenvalue weighted by Gasteiger charge is 2.14. The van der Waals surface area contributed by atoms with Crippen LogP contribution in [0.25, 0.3) is 0 Å². The number of hydrogen-bond donors (Lipinski definition) is 2. The summed E-state index contributed by atoms with van der Waals surface area (Å²) in [5.74, 6) is 0. The summed E-state index contributed by atoms with van der Waals surface area (Å²) in [6, 6.07) is 0. The van der Waals surface area contributed by atoms with Crippen LogP contribution in [0.4, 0.5) is 0 Å². The Kier molecular flexibility index (Phi) is 10.5. The van der Waals surface area contributed by atoms with Crippen LogP contribution in [-0.2, 0) is 13.3 Å². The minimum Gasteiger partial charge on any atom is -0.379 e. The molecule has 0 aromatic carbocycles. The largest absolute Gasteiger partial charge is 0.483 e. The lowest BCUT2D eigenvalue weighted by atomic mass is 10.2. The van der Waals surface area contributed by atoms with Crippen LogP contribution in [0, 0.1) is 0 Å². The average Bonchev–Trinajstić information content (AvgIpc) is 2.25. The minimum absolute atomic E-state index is 0.196. The first kappa shape index (κ1) is 15.0. The van der Waals surface area contributed by atoms with Crippen molar-refractivity contribution in [3.8, 4) is 0 Å². The van der Waals surface area contributed by atoms with E-state index in [1.54, 1.807) is 14.2 Å². The summed E-state index contributed by atoms with van der Waals surface area (Å²) < 4.78 is 15.8. The maximum Gasteiger partial charge on any atom is 0.483 e. The van der Waals surface area contributed by atoms with E-state index in [9.17, 15) is 0 Å². The topological polar surface area (TPSA) is 65.7 Å². The Morgan fingerprint density at radius 3 is 2.47 bits per heavy atom. The fraction of sp³-hybridized carbons (Fsp3) is 1.00. The molecular formula is C9H24N2O3Si. The maximum atomic E-state index is 5.60. The van der Waals surface area contributed by atoms with E-state index >= 15 is 0 Å². The van der Waals surface area contributed by atoms with Gasteiger partial charge in [-0.2, -0.15) is 0 Å². The number of nitrogens with one attached hydrogen (secondary N) is 1. The van der Waals surface area contributed by atoms with Gasteiger partial charge in [0.15, 0.2) is 0 Å². The highest BCUT2D eigenvalue weighted by atomic mass is 28.3. The summed E-state index contributed by atoms with van der Waals surface area (Å²) in [6.45, 7) is 4.59. The molecule has 6 heteroatoms. The summed E-state index contributed by atoms with van der Waals surface area (Å²) >= 11 is 0. The van der Waals surface area contributed by atoms with E-state index in [2.05, 4.69) is 5.32 Å². The first-order valence-electron chi connectivity index (χ1n) is 5.36. The fourth-order valence-corrected chi connectivity index (χ4v) is 2.14. The first-order valence-corrected chi connectivity index (χ1v) is 6.77. The number of hydrogen-bond acceptors (Lipinski definition) is 5. The number of nitrogens with two attached hydrogens (primary N) is 1. The second-order valence-electron chi connectivity index (χ2n) is 3.39. The summed E-state index contributed by atoms with van der Waals surface area (Å²) in [6.07, 6.45) is 2.28. The third kappa shape index (κ3) is 8.98. The SMILES string of the molecule is CO[SiH](OC)OC(C)CCCNCCN. The van der Waals surface area contributed by atoms with Gasteiger partial charge in [-0.3, -0.25) is 0 Å². The van der Waals surface area contributed by atoms with Crippen LogP contribution in [0.15, 0.2) is 0 Å². The van der Waals surface area contributed by atoms with Crippen LogP contribution >= 0.6 is 0 Å². The van der Waals surface area contributed by atoms with Gasteiger partial charge < -0.3 is 24.3 Å². The predicted molar refractivity (Wildman–Crippen MR) is 62.9 cm³/mol. The Morgan fingerprint density at radius 1 is 1.27 bits per heavy atom. The van der Waals surface area contributed by atoms with Gasteiger partial charge in [0.1, 0.15) is 0 Å². The van der Waals surface area contributed by atoms with Gasteiger partial charge in [-0.15, -0.1) is 0 Å². The Balaban J connectivity index is 3.35. The van der Waals surface area contributed by atoms with Crippen molar-refractivity contribution in [2.45, 2.75) is 25.9 Å². The Morgan fingerprint density at radius 2 is 1.93 bits per heavy atom. The van der Waals surface area contributed by atoms with Crippen LogP contribution in [0.5, 0.6) is 0 Å². The van der Waals surface area contributed by atoms with E-state index in [1.165, 1.54) is 0 Å². The summed E-state index contributed by atoms with van der Waals surface area (Å²) in [7, 11) is 1.39. The van der Waals surface area contributed by atoms with Crippen molar-refractivity contribution < 1.29 is 13.3 Å². The molecule has 15 heavy (non-hydrogen) atoms. The van der Waals surface area contributed by atoms with Gasteiger partial charge in [0.2, 0.25) is 0 Å². The molecule has 0 heterocycles. The van der Waals surface area contributed by atoms with Crippen LogP contribution in [0.1, 0.15) is 19.8 Å². The summed E-state index contributed by atoms with van der Waals surface area (Å²) in [5, 5.41) is 3.24. The molecule has 0 aliphatic heterocycles.